The third kappa shape index (κ3) is 3.46. The number of hydrogen-bond donors (Lipinski definition) is 3. The highest BCUT2D eigenvalue weighted by Crippen LogP contribution is 2.16. The number of rotatable bonds is 5. The number of anilines is 1. The Bertz CT molecular complexity index is 833. The van der Waals surface area contributed by atoms with Crippen molar-refractivity contribution in [2.75, 3.05) is 5.73 Å². The van der Waals surface area contributed by atoms with E-state index in [2.05, 4.69) is 15.2 Å². The maximum Gasteiger partial charge on any atom is 0.224 e. The monoisotopic (exact) mass is 310 g/mol. The lowest BCUT2D eigenvalue weighted by Crippen LogP contribution is -1.96. The van der Waals surface area contributed by atoms with Crippen molar-refractivity contribution in [2.45, 2.75) is 6.42 Å². The van der Waals surface area contributed by atoms with Crippen molar-refractivity contribution in [3.63, 3.8) is 0 Å². The molecule has 0 amide bonds. The number of H-pyrrole nitrogens is 1. The second-order valence-corrected chi connectivity index (χ2v) is 4.95. The first kappa shape index (κ1) is 14.6. The second kappa shape index (κ2) is 6.18. The Morgan fingerprint density at radius 3 is 2.78 bits per heavy atom. The summed E-state index contributed by atoms with van der Waals surface area (Å²) in [5.41, 5.74) is 8.25. The number of aromatic nitrogens is 3. The molecule has 0 aliphatic heterocycles. The largest absolute Gasteiger partial charge is 0.504 e. The van der Waals surface area contributed by atoms with E-state index in [1.165, 1.54) is 12.6 Å². The molecule has 0 saturated heterocycles. The highest BCUT2D eigenvalue weighted by atomic mass is 16.3. The number of furan rings is 1. The Morgan fingerprint density at radius 2 is 2.09 bits per heavy atom. The average Bonchev–Trinajstić information content (AvgIpc) is 3.21. The van der Waals surface area contributed by atoms with Crippen molar-refractivity contribution in [3.05, 3.63) is 71.7 Å². The van der Waals surface area contributed by atoms with Crippen molar-refractivity contribution in [2.24, 2.45) is 0 Å². The van der Waals surface area contributed by atoms with Gasteiger partial charge in [-0.2, -0.15) is 5.10 Å². The number of nitrogen functional groups attached to an aromatic ring is 1. The van der Waals surface area contributed by atoms with Crippen molar-refractivity contribution in [1.82, 2.24) is 15.2 Å². The third-order valence-corrected chi connectivity index (χ3v) is 3.20. The molecule has 0 unspecified atom stereocenters. The molecule has 0 fully saturated rings. The molecule has 0 aliphatic rings. The summed E-state index contributed by atoms with van der Waals surface area (Å²) in [6, 6.07) is 9.11. The number of aromatic amines is 1. The van der Waals surface area contributed by atoms with Gasteiger partial charge in [-0.3, -0.25) is 9.89 Å². The molecule has 2 heterocycles. The number of nitrogens with zero attached hydrogens (tertiary/aromatic N) is 2. The minimum Gasteiger partial charge on any atom is -0.504 e. The minimum atomic E-state index is -0.462. The molecule has 0 bridgehead atoms. The molecule has 0 saturated carbocycles. The summed E-state index contributed by atoms with van der Waals surface area (Å²) in [4.78, 5) is 15.8. The molecule has 2 aromatic heterocycles. The second-order valence-electron chi connectivity index (χ2n) is 4.95. The van der Waals surface area contributed by atoms with Crippen LogP contribution >= 0.6 is 0 Å². The van der Waals surface area contributed by atoms with E-state index in [9.17, 15) is 9.90 Å². The summed E-state index contributed by atoms with van der Waals surface area (Å²) in [5, 5.41) is 15.9. The molecule has 3 rings (SSSR count). The molecular formula is C16H14N4O3. The van der Waals surface area contributed by atoms with Crippen LogP contribution in [0.4, 0.5) is 5.69 Å². The molecule has 7 nitrogen and oxygen atoms in total. The number of carbonyl (C=O) groups excluding carboxylic acids is 1. The molecule has 7 heteroatoms. The van der Waals surface area contributed by atoms with Gasteiger partial charge in [-0.1, -0.05) is 12.1 Å². The van der Waals surface area contributed by atoms with E-state index in [4.69, 9.17) is 10.2 Å². The van der Waals surface area contributed by atoms with Crippen LogP contribution in [0, 0.1) is 0 Å². The summed E-state index contributed by atoms with van der Waals surface area (Å²) >= 11 is 0. The number of ketones is 1. The lowest BCUT2D eigenvalue weighted by atomic mass is 10.1. The molecule has 4 N–H and O–H groups in total. The lowest BCUT2D eigenvalue weighted by molar-refractivity contribution is 0.102. The van der Waals surface area contributed by atoms with Crippen LogP contribution in [0.25, 0.3) is 5.76 Å². The van der Waals surface area contributed by atoms with Crippen molar-refractivity contribution in [1.29, 1.82) is 0 Å². The van der Waals surface area contributed by atoms with E-state index >= 15 is 0 Å². The molecule has 0 atom stereocenters. The lowest BCUT2D eigenvalue weighted by Gasteiger charge is -1.98. The van der Waals surface area contributed by atoms with Gasteiger partial charge in [-0.25, -0.2) is 4.98 Å². The maximum absolute atomic E-state index is 12.0. The SMILES string of the molecule is Nc1ccc(Cc2coc(C(=O)C=C(O)c3nc[nH]n3)c2)cc1. The van der Waals surface area contributed by atoms with Gasteiger partial charge in [-0.05, 0) is 29.3 Å². The van der Waals surface area contributed by atoms with Gasteiger partial charge in [0.1, 0.15) is 6.33 Å². The maximum atomic E-state index is 12.0. The average molecular weight is 310 g/mol. The normalized spacial score (nSPS) is 11.6. The zero-order valence-electron chi connectivity index (χ0n) is 12.1. The molecule has 1 aromatic carbocycles. The van der Waals surface area contributed by atoms with Crippen LogP contribution in [0.2, 0.25) is 0 Å². The fraction of sp³-hybridized carbons (Fsp3) is 0.0625. The quantitative estimate of drug-likeness (QED) is 0.288. The molecule has 23 heavy (non-hydrogen) atoms. The number of allylic oxidation sites excluding steroid dienone is 1. The van der Waals surface area contributed by atoms with Gasteiger partial charge in [0.05, 0.1) is 6.26 Å². The number of nitrogens with two attached hydrogens (primary N) is 1. The fourth-order valence-electron chi connectivity index (χ4n) is 2.06. The number of aliphatic hydroxyl groups is 1. The smallest absolute Gasteiger partial charge is 0.224 e. The van der Waals surface area contributed by atoms with Gasteiger partial charge in [0.2, 0.25) is 11.6 Å². The Morgan fingerprint density at radius 1 is 1.30 bits per heavy atom. The summed E-state index contributed by atoms with van der Waals surface area (Å²) in [6.45, 7) is 0. The summed E-state index contributed by atoms with van der Waals surface area (Å²) in [6.07, 6.45) is 4.46. The zero-order valence-corrected chi connectivity index (χ0v) is 12.1. The molecule has 0 radical (unpaired) electrons. The highest BCUT2D eigenvalue weighted by Gasteiger charge is 2.12. The zero-order chi connectivity index (χ0) is 16.2. The van der Waals surface area contributed by atoms with Crippen LogP contribution in [0.5, 0.6) is 0 Å². The van der Waals surface area contributed by atoms with E-state index in [1.807, 2.05) is 24.3 Å². The molecule has 0 spiro atoms. The fourth-order valence-corrected chi connectivity index (χ4v) is 2.06. The number of nitrogens with one attached hydrogen (secondary N) is 1. The van der Waals surface area contributed by atoms with E-state index in [-0.39, 0.29) is 17.3 Å². The summed E-state index contributed by atoms with van der Waals surface area (Å²) in [7, 11) is 0. The molecular weight excluding hydrogens is 296 g/mol. The third-order valence-electron chi connectivity index (χ3n) is 3.20. The van der Waals surface area contributed by atoms with Crippen LogP contribution in [-0.2, 0) is 6.42 Å². The van der Waals surface area contributed by atoms with Crippen LogP contribution in [-0.4, -0.2) is 26.1 Å². The van der Waals surface area contributed by atoms with Crippen molar-refractivity contribution < 1.29 is 14.3 Å². The number of benzene rings is 1. The van der Waals surface area contributed by atoms with Crippen LogP contribution in [0.3, 0.4) is 0 Å². The Balaban J connectivity index is 1.72. The topological polar surface area (TPSA) is 118 Å². The van der Waals surface area contributed by atoms with Gasteiger partial charge >= 0.3 is 0 Å². The van der Waals surface area contributed by atoms with E-state index in [1.54, 1.807) is 6.07 Å². The van der Waals surface area contributed by atoms with Crippen molar-refractivity contribution >= 4 is 17.2 Å². The van der Waals surface area contributed by atoms with Crippen LogP contribution in [0.15, 0.2) is 53.4 Å². The standard InChI is InChI=1S/C16H14N4O3/c17-12-3-1-10(2-4-12)5-11-6-15(23-8-11)13(21)7-14(22)16-18-9-19-20-16/h1-4,6-9,22H,5,17H2,(H,18,19,20). The molecule has 0 aliphatic carbocycles. The van der Waals surface area contributed by atoms with Gasteiger partial charge in [0.25, 0.3) is 0 Å². The molecule has 3 aromatic rings. The summed E-state index contributed by atoms with van der Waals surface area (Å²) < 4.78 is 5.26. The van der Waals surface area contributed by atoms with E-state index in [0.717, 1.165) is 17.2 Å². The van der Waals surface area contributed by atoms with Crippen LogP contribution < -0.4 is 5.73 Å². The van der Waals surface area contributed by atoms with E-state index in [0.29, 0.717) is 12.1 Å². The predicted molar refractivity (Wildman–Crippen MR) is 83.7 cm³/mol. The number of hydrogen-bond acceptors (Lipinski definition) is 6. The van der Waals surface area contributed by atoms with Gasteiger partial charge in [0, 0.05) is 18.2 Å². The Labute approximate surface area is 131 Å². The predicted octanol–water partition coefficient (Wildman–Crippen LogP) is 2.35. The Kier molecular flexibility index (Phi) is 3.92. The van der Waals surface area contributed by atoms with Gasteiger partial charge in [0.15, 0.2) is 11.5 Å². The Hall–Kier alpha value is -3.35. The van der Waals surface area contributed by atoms with E-state index < -0.39 is 5.78 Å². The first-order valence-electron chi connectivity index (χ1n) is 6.85. The van der Waals surface area contributed by atoms with Crippen molar-refractivity contribution in [3.8, 4) is 0 Å². The first-order chi connectivity index (χ1) is 11.1. The number of aliphatic hydroxyl groups excluding tert-OH is 1. The number of carbonyl (C=O) groups is 1. The minimum absolute atomic E-state index is 0.0482. The highest BCUT2D eigenvalue weighted by molar-refractivity contribution is 6.05. The van der Waals surface area contributed by atoms with Gasteiger partial charge in [-0.15, -0.1) is 0 Å². The molecule has 116 valence electrons. The van der Waals surface area contributed by atoms with Crippen LogP contribution in [0.1, 0.15) is 27.5 Å². The van der Waals surface area contributed by atoms with Gasteiger partial charge < -0.3 is 15.3 Å². The first-order valence-corrected chi connectivity index (χ1v) is 6.85. The summed E-state index contributed by atoms with van der Waals surface area (Å²) in [5.74, 6) is -0.604.